The highest BCUT2D eigenvalue weighted by Gasteiger charge is 2.25. The first-order valence-electron chi connectivity index (χ1n) is 8.07. The molecule has 2 aliphatic heterocycles. The third-order valence-electron chi connectivity index (χ3n) is 4.94. The van der Waals surface area contributed by atoms with Crippen molar-refractivity contribution in [2.75, 3.05) is 38.0 Å². The van der Waals surface area contributed by atoms with Gasteiger partial charge in [-0.1, -0.05) is 25.1 Å². The molecule has 0 amide bonds. The van der Waals surface area contributed by atoms with Gasteiger partial charge in [0.1, 0.15) is 0 Å². The summed E-state index contributed by atoms with van der Waals surface area (Å²) in [5.41, 5.74) is 2.83. The predicted molar refractivity (Wildman–Crippen MR) is 85.3 cm³/mol. The fourth-order valence-electron chi connectivity index (χ4n) is 3.44. The molecule has 1 fully saturated rings. The van der Waals surface area contributed by atoms with E-state index in [0.717, 1.165) is 6.04 Å². The standard InChI is InChI=1S/C17H27N3/c1-3-14(2)20-10-8-19(9-11-20)13-16-12-15-6-4-5-7-17(15)18-16/h4-7,14,16,18H,3,8-13H2,1-2H3. The van der Waals surface area contributed by atoms with Crippen molar-refractivity contribution in [3.05, 3.63) is 29.8 Å². The number of benzene rings is 1. The number of hydrogen-bond donors (Lipinski definition) is 1. The van der Waals surface area contributed by atoms with E-state index in [0.29, 0.717) is 6.04 Å². The molecule has 110 valence electrons. The van der Waals surface area contributed by atoms with Gasteiger partial charge in [-0.2, -0.15) is 0 Å². The molecule has 0 radical (unpaired) electrons. The summed E-state index contributed by atoms with van der Waals surface area (Å²) in [5, 5.41) is 3.67. The molecule has 1 aromatic carbocycles. The Labute approximate surface area is 123 Å². The summed E-state index contributed by atoms with van der Waals surface area (Å²) in [6, 6.07) is 10.1. The number of nitrogens with one attached hydrogen (secondary N) is 1. The lowest BCUT2D eigenvalue weighted by Gasteiger charge is -2.38. The van der Waals surface area contributed by atoms with Gasteiger partial charge in [0.25, 0.3) is 0 Å². The van der Waals surface area contributed by atoms with Crippen LogP contribution in [0.1, 0.15) is 25.8 Å². The van der Waals surface area contributed by atoms with Gasteiger partial charge in [-0.05, 0) is 31.4 Å². The zero-order valence-electron chi connectivity index (χ0n) is 12.8. The van der Waals surface area contributed by atoms with E-state index >= 15 is 0 Å². The van der Waals surface area contributed by atoms with Gasteiger partial charge in [0.2, 0.25) is 0 Å². The zero-order chi connectivity index (χ0) is 13.9. The molecule has 0 aliphatic carbocycles. The van der Waals surface area contributed by atoms with Crippen molar-refractivity contribution in [2.45, 2.75) is 38.8 Å². The fourth-order valence-corrected chi connectivity index (χ4v) is 3.44. The van der Waals surface area contributed by atoms with Crippen molar-refractivity contribution in [1.82, 2.24) is 9.80 Å². The van der Waals surface area contributed by atoms with Gasteiger partial charge in [0, 0.05) is 50.5 Å². The molecule has 0 aromatic heterocycles. The molecular weight excluding hydrogens is 246 g/mol. The number of fused-ring (bicyclic) bond motifs is 1. The third-order valence-corrected chi connectivity index (χ3v) is 4.94. The minimum atomic E-state index is 0.600. The molecule has 1 N–H and O–H groups in total. The molecule has 1 saturated heterocycles. The Morgan fingerprint density at radius 1 is 1.20 bits per heavy atom. The first-order valence-corrected chi connectivity index (χ1v) is 8.07. The maximum atomic E-state index is 3.67. The topological polar surface area (TPSA) is 18.5 Å². The summed E-state index contributed by atoms with van der Waals surface area (Å²) in [6.07, 6.45) is 2.45. The largest absolute Gasteiger partial charge is 0.380 e. The highest BCUT2D eigenvalue weighted by Crippen LogP contribution is 2.25. The van der Waals surface area contributed by atoms with Gasteiger partial charge < -0.3 is 5.32 Å². The van der Waals surface area contributed by atoms with Crippen molar-refractivity contribution < 1.29 is 0 Å². The number of rotatable bonds is 4. The maximum absolute atomic E-state index is 3.67. The number of anilines is 1. The highest BCUT2D eigenvalue weighted by molar-refractivity contribution is 5.56. The van der Waals surface area contributed by atoms with Crippen LogP contribution in [0.2, 0.25) is 0 Å². The SMILES string of the molecule is CCC(C)N1CCN(CC2Cc3ccccc3N2)CC1. The summed E-state index contributed by atoms with van der Waals surface area (Å²) < 4.78 is 0. The van der Waals surface area contributed by atoms with E-state index in [9.17, 15) is 0 Å². The molecular formula is C17H27N3. The van der Waals surface area contributed by atoms with Crippen LogP contribution in [0.5, 0.6) is 0 Å². The van der Waals surface area contributed by atoms with Gasteiger partial charge in [0.05, 0.1) is 0 Å². The van der Waals surface area contributed by atoms with Crippen LogP contribution in [-0.4, -0.2) is 54.6 Å². The van der Waals surface area contributed by atoms with Crippen LogP contribution in [0.15, 0.2) is 24.3 Å². The molecule has 0 saturated carbocycles. The van der Waals surface area contributed by atoms with Crippen LogP contribution in [0.25, 0.3) is 0 Å². The second-order valence-corrected chi connectivity index (χ2v) is 6.30. The first kappa shape index (κ1) is 13.9. The first-order chi connectivity index (χ1) is 9.76. The molecule has 0 spiro atoms. The zero-order valence-corrected chi connectivity index (χ0v) is 12.8. The second kappa shape index (κ2) is 6.15. The molecule has 2 atom stereocenters. The Morgan fingerprint density at radius 3 is 2.65 bits per heavy atom. The number of hydrogen-bond acceptors (Lipinski definition) is 3. The Bertz CT molecular complexity index is 413. The van der Waals surface area contributed by atoms with Gasteiger partial charge >= 0.3 is 0 Å². The number of nitrogens with zero attached hydrogens (tertiary/aromatic N) is 2. The summed E-state index contributed by atoms with van der Waals surface area (Å²) in [5.74, 6) is 0. The van der Waals surface area contributed by atoms with Gasteiger partial charge in [-0.3, -0.25) is 9.80 Å². The molecule has 0 bridgehead atoms. The smallest absolute Gasteiger partial charge is 0.0429 e. The summed E-state index contributed by atoms with van der Waals surface area (Å²) in [4.78, 5) is 5.26. The van der Waals surface area contributed by atoms with Crippen LogP contribution < -0.4 is 5.32 Å². The van der Waals surface area contributed by atoms with Gasteiger partial charge in [-0.25, -0.2) is 0 Å². The quantitative estimate of drug-likeness (QED) is 0.909. The average molecular weight is 273 g/mol. The lowest BCUT2D eigenvalue weighted by atomic mass is 10.1. The normalized spacial score (nSPS) is 25.2. The lowest BCUT2D eigenvalue weighted by Crippen LogP contribution is -2.51. The van der Waals surface area contributed by atoms with Crippen LogP contribution in [0, 0.1) is 0 Å². The predicted octanol–water partition coefficient (Wildman–Crippen LogP) is 2.44. The van der Waals surface area contributed by atoms with Crippen molar-refractivity contribution in [3.63, 3.8) is 0 Å². The third kappa shape index (κ3) is 2.99. The van der Waals surface area contributed by atoms with Crippen molar-refractivity contribution in [3.8, 4) is 0 Å². The van der Waals surface area contributed by atoms with Crippen molar-refractivity contribution in [2.24, 2.45) is 0 Å². The maximum Gasteiger partial charge on any atom is 0.0429 e. The Balaban J connectivity index is 1.47. The molecule has 3 rings (SSSR count). The van der Waals surface area contributed by atoms with Crippen LogP contribution in [0.3, 0.4) is 0 Å². The molecule has 3 nitrogen and oxygen atoms in total. The van der Waals surface area contributed by atoms with Gasteiger partial charge in [0.15, 0.2) is 0 Å². The summed E-state index contributed by atoms with van der Waals surface area (Å²) >= 11 is 0. The highest BCUT2D eigenvalue weighted by atomic mass is 15.3. The van der Waals surface area contributed by atoms with E-state index < -0.39 is 0 Å². The van der Waals surface area contributed by atoms with E-state index in [2.05, 4.69) is 53.2 Å². The fraction of sp³-hybridized carbons (Fsp3) is 0.647. The van der Waals surface area contributed by atoms with E-state index in [1.54, 1.807) is 0 Å². The van der Waals surface area contributed by atoms with E-state index in [1.165, 1.54) is 56.8 Å². The van der Waals surface area contributed by atoms with Gasteiger partial charge in [-0.15, -0.1) is 0 Å². The van der Waals surface area contributed by atoms with Crippen molar-refractivity contribution >= 4 is 5.69 Å². The van der Waals surface area contributed by atoms with Crippen LogP contribution in [0.4, 0.5) is 5.69 Å². The molecule has 1 aromatic rings. The monoisotopic (exact) mass is 273 g/mol. The molecule has 2 aliphatic rings. The minimum Gasteiger partial charge on any atom is -0.380 e. The lowest BCUT2D eigenvalue weighted by molar-refractivity contribution is 0.0984. The Morgan fingerprint density at radius 2 is 1.95 bits per heavy atom. The summed E-state index contributed by atoms with van der Waals surface area (Å²) in [6.45, 7) is 10.7. The second-order valence-electron chi connectivity index (χ2n) is 6.30. The molecule has 20 heavy (non-hydrogen) atoms. The van der Waals surface area contributed by atoms with E-state index in [-0.39, 0.29) is 0 Å². The van der Waals surface area contributed by atoms with E-state index in [4.69, 9.17) is 0 Å². The number of piperazine rings is 1. The minimum absolute atomic E-state index is 0.600. The van der Waals surface area contributed by atoms with Crippen LogP contribution >= 0.6 is 0 Å². The Kier molecular flexibility index (Phi) is 4.27. The molecule has 3 heteroatoms. The Hall–Kier alpha value is -1.06. The van der Waals surface area contributed by atoms with E-state index in [1.807, 2.05) is 0 Å². The molecule has 2 unspecified atom stereocenters. The number of para-hydroxylation sites is 1. The molecule has 2 heterocycles. The van der Waals surface area contributed by atoms with Crippen LogP contribution in [-0.2, 0) is 6.42 Å². The summed E-state index contributed by atoms with van der Waals surface area (Å²) in [7, 11) is 0. The van der Waals surface area contributed by atoms with Crippen molar-refractivity contribution in [1.29, 1.82) is 0 Å². The average Bonchev–Trinajstić information content (AvgIpc) is 2.89.